The van der Waals surface area contributed by atoms with Crippen LogP contribution < -0.4 is 34.3 Å². The minimum Gasteiger partial charge on any atom is -0.493 e. The summed E-state index contributed by atoms with van der Waals surface area (Å²) >= 11 is 0. The van der Waals surface area contributed by atoms with Gasteiger partial charge in [0.2, 0.25) is 5.75 Å². The SMILES string of the molecule is CN=C(NCCc1ccc(OC)c(OC)c1)NCCc1ccc(OC)c(OC)c1OC. The molecule has 8 heteroatoms. The van der Waals surface area contributed by atoms with Crippen molar-refractivity contribution in [2.75, 3.05) is 55.7 Å². The predicted molar refractivity (Wildman–Crippen MR) is 122 cm³/mol. The maximum atomic E-state index is 5.55. The van der Waals surface area contributed by atoms with E-state index in [4.69, 9.17) is 23.7 Å². The highest BCUT2D eigenvalue weighted by Crippen LogP contribution is 2.39. The third-order valence-electron chi connectivity index (χ3n) is 4.85. The highest BCUT2D eigenvalue weighted by Gasteiger charge is 2.15. The summed E-state index contributed by atoms with van der Waals surface area (Å²) in [5.41, 5.74) is 2.17. The molecule has 0 aromatic heterocycles. The van der Waals surface area contributed by atoms with Crippen molar-refractivity contribution in [1.29, 1.82) is 0 Å². The van der Waals surface area contributed by atoms with Gasteiger partial charge in [0.15, 0.2) is 29.0 Å². The van der Waals surface area contributed by atoms with Gasteiger partial charge in [-0.2, -0.15) is 0 Å². The third kappa shape index (κ3) is 6.34. The number of nitrogens with zero attached hydrogens (tertiary/aromatic N) is 1. The fourth-order valence-electron chi connectivity index (χ4n) is 3.26. The van der Waals surface area contributed by atoms with Crippen LogP contribution in [0.3, 0.4) is 0 Å². The lowest BCUT2D eigenvalue weighted by Gasteiger charge is -2.17. The number of aliphatic imine (C=N–C) groups is 1. The van der Waals surface area contributed by atoms with Crippen LogP contribution in [0, 0.1) is 0 Å². The Bertz CT molecular complexity index is 871. The second-order valence-electron chi connectivity index (χ2n) is 6.61. The van der Waals surface area contributed by atoms with Crippen LogP contribution in [0.25, 0.3) is 0 Å². The normalized spacial score (nSPS) is 11.0. The van der Waals surface area contributed by atoms with Gasteiger partial charge in [-0.05, 0) is 36.6 Å². The summed E-state index contributed by atoms with van der Waals surface area (Å²) < 4.78 is 27.0. The molecule has 170 valence electrons. The monoisotopic (exact) mass is 431 g/mol. The number of guanidine groups is 1. The van der Waals surface area contributed by atoms with Gasteiger partial charge in [0.1, 0.15) is 0 Å². The van der Waals surface area contributed by atoms with Crippen molar-refractivity contribution in [2.24, 2.45) is 4.99 Å². The van der Waals surface area contributed by atoms with Crippen molar-refractivity contribution in [3.05, 3.63) is 41.5 Å². The molecule has 0 atom stereocenters. The molecule has 0 aliphatic rings. The Morgan fingerprint density at radius 3 is 1.90 bits per heavy atom. The number of benzene rings is 2. The molecular weight excluding hydrogens is 398 g/mol. The van der Waals surface area contributed by atoms with Gasteiger partial charge in [0.25, 0.3) is 0 Å². The molecule has 8 nitrogen and oxygen atoms in total. The lowest BCUT2D eigenvalue weighted by Crippen LogP contribution is -2.39. The summed E-state index contributed by atoms with van der Waals surface area (Å²) in [5.74, 6) is 4.11. The first-order chi connectivity index (χ1) is 15.1. The molecule has 0 amide bonds. The summed E-state index contributed by atoms with van der Waals surface area (Å²) in [6.07, 6.45) is 1.56. The van der Waals surface area contributed by atoms with Crippen molar-refractivity contribution in [2.45, 2.75) is 12.8 Å². The number of nitrogens with one attached hydrogen (secondary N) is 2. The highest BCUT2D eigenvalue weighted by atomic mass is 16.5. The van der Waals surface area contributed by atoms with Crippen LogP contribution in [0.5, 0.6) is 28.7 Å². The molecule has 0 aliphatic heterocycles. The van der Waals surface area contributed by atoms with E-state index in [-0.39, 0.29) is 0 Å². The fraction of sp³-hybridized carbons (Fsp3) is 0.435. The molecule has 2 N–H and O–H groups in total. The molecule has 0 saturated heterocycles. The second-order valence-corrected chi connectivity index (χ2v) is 6.61. The molecule has 0 saturated carbocycles. The Hall–Kier alpha value is -3.29. The van der Waals surface area contributed by atoms with E-state index < -0.39 is 0 Å². The van der Waals surface area contributed by atoms with Gasteiger partial charge in [-0.15, -0.1) is 0 Å². The third-order valence-corrected chi connectivity index (χ3v) is 4.85. The van der Waals surface area contributed by atoms with Crippen molar-refractivity contribution in [1.82, 2.24) is 10.6 Å². The summed E-state index contributed by atoms with van der Waals surface area (Å²) in [6, 6.07) is 9.79. The summed E-state index contributed by atoms with van der Waals surface area (Å²) in [7, 11) is 9.86. The maximum Gasteiger partial charge on any atom is 0.203 e. The van der Waals surface area contributed by atoms with E-state index in [0.29, 0.717) is 23.8 Å². The minimum atomic E-state index is 0.597. The zero-order valence-corrected chi connectivity index (χ0v) is 19.2. The highest BCUT2D eigenvalue weighted by molar-refractivity contribution is 5.79. The van der Waals surface area contributed by atoms with Crippen molar-refractivity contribution in [3.8, 4) is 28.7 Å². The molecule has 31 heavy (non-hydrogen) atoms. The molecule has 0 bridgehead atoms. The molecule has 0 unspecified atom stereocenters. The van der Waals surface area contributed by atoms with Crippen molar-refractivity contribution < 1.29 is 23.7 Å². The van der Waals surface area contributed by atoms with Gasteiger partial charge in [0, 0.05) is 25.7 Å². The number of hydrogen-bond acceptors (Lipinski definition) is 6. The summed E-state index contributed by atoms with van der Waals surface area (Å²) in [6.45, 7) is 1.41. The largest absolute Gasteiger partial charge is 0.493 e. The number of ether oxygens (including phenoxy) is 5. The molecule has 2 aromatic rings. The molecule has 0 aliphatic carbocycles. The molecule has 0 radical (unpaired) electrons. The van der Waals surface area contributed by atoms with Crippen LogP contribution in [0.1, 0.15) is 11.1 Å². The molecule has 0 spiro atoms. The Morgan fingerprint density at radius 1 is 0.710 bits per heavy atom. The Balaban J connectivity index is 1.88. The van der Waals surface area contributed by atoms with E-state index in [9.17, 15) is 0 Å². The zero-order chi connectivity index (χ0) is 22.6. The molecule has 0 fully saturated rings. The first kappa shape index (κ1) is 24.0. The lowest BCUT2D eigenvalue weighted by molar-refractivity contribution is 0.322. The molecule has 0 heterocycles. The average Bonchev–Trinajstić information content (AvgIpc) is 2.82. The van der Waals surface area contributed by atoms with Crippen molar-refractivity contribution >= 4 is 5.96 Å². The summed E-state index contributed by atoms with van der Waals surface area (Å²) in [4.78, 5) is 4.29. The maximum absolute atomic E-state index is 5.55. The Kier molecular flexibility index (Phi) is 9.61. The molecular formula is C23H33N3O5. The van der Waals surface area contributed by atoms with Gasteiger partial charge in [-0.3, -0.25) is 4.99 Å². The van der Waals surface area contributed by atoms with E-state index in [0.717, 1.165) is 48.0 Å². The van der Waals surface area contributed by atoms with Gasteiger partial charge in [0.05, 0.1) is 35.5 Å². The number of rotatable bonds is 11. The van der Waals surface area contributed by atoms with Crippen LogP contribution in [0.15, 0.2) is 35.3 Å². The van der Waals surface area contributed by atoms with Crippen LogP contribution in [0.2, 0.25) is 0 Å². The summed E-state index contributed by atoms with van der Waals surface area (Å²) in [5, 5.41) is 6.66. The Morgan fingerprint density at radius 2 is 1.32 bits per heavy atom. The van der Waals surface area contributed by atoms with E-state index in [1.807, 2.05) is 30.3 Å². The van der Waals surface area contributed by atoms with Crippen molar-refractivity contribution in [3.63, 3.8) is 0 Å². The van der Waals surface area contributed by atoms with E-state index in [2.05, 4.69) is 15.6 Å². The zero-order valence-electron chi connectivity index (χ0n) is 19.2. The van der Waals surface area contributed by atoms with Gasteiger partial charge < -0.3 is 34.3 Å². The number of methoxy groups -OCH3 is 5. The van der Waals surface area contributed by atoms with Crippen LogP contribution in [-0.2, 0) is 12.8 Å². The Labute approximate surface area is 184 Å². The second kappa shape index (κ2) is 12.4. The smallest absolute Gasteiger partial charge is 0.203 e. The fourth-order valence-corrected chi connectivity index (χ4v) is 3.26. The van der Waals surface area contributed by atoms with E-state index in [1.165, 1.54) is 0 Å². The van der Waals surface area contributed by atoms with E-state index in [1.54, 1.807) is 42.6 Å². The molecule has 2 rings (SSSR count). The molecule has 2 aromatic carbocycles. The minimum absolute atomic E-state index is 0.597. The van der Waals surface area contributed by atoms with Gasteiger partial charge >= 0.3 is 0 Å². The quantitative estimate of drug-likeness (QED) is 0.418. The average molecular weight is 432 g/mol. The van der Waals surface area contributed by atoms with E-state index >= 15 is 0 Å². The standard InChI is InChI=1S/C23H33N3O5/c1-24-23(25-13-11-16-7-9-18(27-2)20(15-16)29-4)26-14-12-17-8-10-19(28-3)22(31-6)21(17)30-5/h7-10,15H,11-14H2,1-6H3,(H2,24,25,26). The topological polar surface area (TPSA) is 82.6 Å². The van der Waals surface area contributed by atoms with Gasteiger partial charge in [-0.25, -0.2) is 0 Å². The van der Waals surface area contributed by atoms with Crippen LogP contribution in [-0.4, -0.2) is 61.6 Å². The van der Waals surface area contributed by atoms with Crippen LogP contribution in [0.4, 0.5) is 0 Å². The lowest BCUT2D eigenvalue weighted by atomic mass is 10.1. The van der Waals surface area contributed by atoms with Gasteiger partial charge in [-0.1, -0.05) is 12.1 Å². The van der Waals surface area contributed by atoms with Crippen LogP contribution >= 0.6 is 0 Å². The predicted octanol–water partition coefficient (Wildman–Crippen LogP) is 2.68. The number of hydrogen-bond donors (Lipinski definition) is 2. The first-order valence-electron chi connectivity index (χ1n) is 10.0. The first-order valence-corrected chi connectivity index (χ1v) is 10.0.